The zero-order chi connectivity index (χ0) is 22.4. The van der Waals surface area contributed by atoms with Gasteiger partial charge in [0.25, 0.3) is 5.91 Å². The van der Waals surface area contributed by atoms with Crippen molar-refractivity contribution in [2.24, 2.45) is 13.0 Å². The van der Waals surface area contributed by atoms with Gasteiger partial charge in [-0.25, -0.2) is 9.37 Å². The lowest BCUT2D eigenvalue weighted by Gasteiger charge is -2.32. The number of aryl methyl sites for hydroxylation is 1. The van der Waals surface area contributed by atoms with Crippen molar-refractivity contribution in [3.8, 4) is 5.75 Å². The first-order chi connectivity index (χ1) is 13.9. The van der Waals surface area contributed by atoms with E-state index < -0.39 is 53.0 Å². The molecule has 1 amide bonds. The number of rotatable bonds is 4. The van der Waals surface area contributed by atoms with E-state index in [9.17, 15) is 26.7 Å². The summed E-state index contributed by atoms with van der Waals surface area (Å²) in [4.78, 5) is 16.7. The predicted octanol–water partition coefficient (Wildman–Crippen LogP) is 3.79. The summed E-state index contributed by atoms with van der Waals surface area (Å²) >= 11 is 0. The molecule has 1 N–H and O–H groups in total. The van der Waals surface area contributed by atoms with Crippen molar-refractivity contribution in [1.29, 1.82) is 0 Å². The molecule has 3 rings (SSSR count). The third kappa shape index (κ3) is 3.40. The van der Waals surface area contributed by atoms with Crippen LogP contribution in [-0.4, -0.2) is 40.4 Å². The molecule has 30 heavy (non-hydrogen) atoms. The summed E-state index contributed by atoms with van der Waals surface area (Å²) in [7, 11) is 2.64. The normalized spacial score (nSPS) is 26.6. The summed E-state index contributed by atoms with van der Waals surface area (Å²) in [5, 5.41) is 2.47. The number of hydrogen-bond donors (Lipinski definition) is 1. The number of aromatic nitrogens is 2. The van der Waals surface area contributed by atoms with Gasteiger partial charge in [-0.05, 0) is 13.0 Å². The molecule has 0 radical (unpaired) electrons. The fourth-order valence-corrected chi connectivity index (χ4v) is 3.72. The van der Waals surface area contributed by atoms with Crippen LogP contribution in [0.3, 0.4) is 0 Å². The Morgan fingerprint density at radius 2 is 2.00 bits per heavy atom. The lowest BCUT2D eigenvalue weighted by atomic mass is 9.77. The number of carbonyl (C=O) groups excluding carboxylic acids is 1. The fourth-order valence-electron chi connectivity index (χ4n) is 3.72. The van der Waals surface area contributed by atoms with E-state index in [0.29, 0.717) is 0 Å². The van der Waals surface area contributed by atoms with Crippen LogP contribution in [0.15, 0.2) is 24.7 Å². The lowest BCUT2D eigenvalue weighted by molar-refractivity contribution is -0.272. The standard InChI is InChI=1S/C19H20F5N3O3/c1-9-13(10-5-6-11(20)14(21)15(10)29-4)16(30-18(9,2)19(22,23)24)17(28)26-12-7-25-8-27(12)3/h5-9,13,16H,1-4H3,(H,26,28)/t9-,13-,16+,18+/m0/s1. The number of hydrogen-bond acceptors (Lipinski definition) is 4. The van der Waals surface area contributed by atoms with Crippen molar-refractivity contribution in [2.75, 3.05) is 12.4 Å². The molecular weight excluding hydrogens is 413 g/mol. The number of nitrogens with zero attached hydrogens (tertiary/aromatic N) is 2. The molecule has 1 aromatic heterocycles. The Kier molecular flexibility index (Phi) is 5.52. The molecule has 11 heteroatoms. The molecule has 164 valence electrons. The number of halogens is 5. The van der Waals surface area contributed by atoms with Crippen molar-refractivity contribution in [1.82, 2.24) is 9.55 Å². The zero-order valence-electron chi connectivity index (χ0n) is 16.6. The summed E-state index contributed by atoms with van der Waals surface area (Å²) < 4.78 is 81.2. The van der Waals surface area contributed by atoms with Gasteiger partial charge in [-0.15, -0.1) is 0 Å². The Morgan fingerprint density at radius 1 is 1.33 bits per heavy atom. The number of benzene rings is 1. The van der Waals surface area contributed by atoms with Crippen LogP contribution >= 0.6 is 0 Å². The number of alkyl halides is 3. The van der Waals surface area contributed by atoms with Crippen LogP contribution in [0.25, 0.3) is 0 Å². The molecule has 0 bridgehead atoms. The molecule has 0 aliphatic carbocycles. The second-order valence-corrected chi connectivity index (χ2v) is 7.32. The first-order valence-corrected chi connectivity index (χ1v) is 8.96. The number of nitrogens with one attached hydrogen (secondary N) is 1. The predicted molar refractivity (Wildman–Crippen MR) is 96.0 cm³/mol. The maximum Gasteiger partial charge on any atom is 0.417 e. The second-order valence-electron chi connectivity index (χ2n) is 7.32. The van der Waals surface area contributed by atoms with E-state index in [1.54, 1.807) is 7.05 Å². The smallest absolute Gasteiger partial charge is 0.417 e. The molecule has 2 aromatic rings. The van der Waals surface area contributed by atoms with E-state index in [1.165, 1.54) is 24.0 Å². The molecule has 0 saturated carbocycles. The summed E-state index contributed by atoms with van der Waals surface area (Å²) in [5.41, 5.74) is -2.80. The Bertz CT molecular complexity index is 961. The van der Waals surface area contributed by atoms with Gasteiger partial charge in [0.1, 0.15) is 11.9 Å². The molecule has 1 saturated heterocycles. The number of imidazole rings is 1. The third-order valence-electron chi connectivity index (χ3n) is 5.64. The van der Waals surface area contributed by atoms with Crippen molar-refractivity contribution in [3.63, 3.8) is 0 Å². The lowest BCUT2D eigenvalue weighted by Crippen LogP contribution is -2.47. The minimum atomic E-state index is -4.82. The molecule has 0 spiro atoms. The van der Waals surface area contributed by atoms with Gasteiger partial charge in [-0.2, -0.15) is 17.6 Å². The highest BCUT2D eigenvalue weighted by Crippen LogP contribution is 2.54. The average Bonchev–Trinajstić information content (AvgIpc) is 3.19. The van der Waals surface area contributed by atoms with Crippen LogP contribution in [0.4, 0.5) is 27.8 Å². The Labute approximate surface area is 169 Å². The fraction of sp³-hybridized carbons (Fsp3) is 0.474. The summed E-state index contributed by atoms with van der Waals surface area (Å²) in [5.74, 6) is -6.39. The van der Waals surface area contributed by atoms with Gasteiger partial charge in [-0.1, -0.05) is 13.0 Å². The molecule has 1 aliphatic rings. The Morgan fingerprint density at radius 3 is 2.53 bits per heavy atom. The van der Waals surface area contributed by atoms with Gasteiger partial charge in [0.05, 0.1) is 19.6 Å². The zero-order valence-corrected chi connectivity index (χ0v) is 16.6. The maximum absolute atomic E-state index is 14.3. The van der Waals surface area contributed by atoms with Crippen LogP contribution in [-0.2, 0) is 16.6 Å². The Hall–Kier alpha value is -2.69. The van der Waals surface area contributed by atoms with Gasteiger partial charge in [-0.3, -0.25) is 4.79 Å². The van der Waals surface area contributed by atoms with Crippen molar-refractivity contribution >= 4 is 11.7 Å². The van der Waals surface area contributed by atoms with Crippen molar-refractivity contribution < 1.29 is 36.2 Å². The van der Waals surface area contributed by atoms with Crippen molar-refractivity contribution in [2.45, 2.75) is 37.6 Å². The van der Waals surface area contributed by atoms with Crippen LogP contribution in [0, 0.1) is 17.6 Å². The molecular formula is C19H20F5N3O3. The van der Waals surface area contributed by atoms with Crippen LogP contribution in [0.5, 0.6) is 5.75 Å². The molecule has 1 aliphatic heterocycles. The van der Waals surface area contributed by atoms with Gasteiger partial charge in [0, 0.05) is 24.4 Å². The van der Waals surface area contributed by atoms with E-state index in [4.69, 9.17) is 9.47 Å². The summed E-state index contributed by atoms with van der Waals surface area (Å²) in [6.07, 6.45) is -3.77. The number of anilines is 1. The highest BCUT2D eigenvalue weighted by atomic mass is 19.4. The molecule has 1 fully saturated rings. The molecule has 0 unspecified atom stereocenters. The first kappa shape index (κ1) is 22.0. The molecule has 2 heterocycles. The monoisotopic (exact) mass is 433 g/mol. The minimum absolute atomic E-state index is 0.0953. The van der Waals surface area contributed by atoms with Crippen LogP contribution in [0.1, 0.15) is 25.3 Å². The summed E-state index contributed by atoms with van der Waals surface area (Å²) in [6, 6.07) is 1.88. The second kappa shape index (κ2) is 7.53. The van der Waals surface area contributed by atoms with E-state index in [0.717, 1.165) is 26.2 Å². The molecule has 6 nitrogen and oxygen atoms in total. The average molecular weight is 433 g/mol. The first-order valence-electron chi connectivity index (χ1n) is 8.96. The van der Waals surface area contributed by atoms with Crippen LogP contribution in [0.2, 0.25) is 0 Å². The number of carbonyl (C=O) groups is 1. The summed E-state index contributed by atoms with van der Waals surface area (Å²) in [6.45, 7) is 2.07. The Balaban J connectivity index is 2.10. The molecule has 4 atom stereocenters. The third-order valence-corrected chi connectivity index (χ3v) is 5.64. The minimum Gasteiger partial charge on any atom is -0.493 e. The highest BCUT2D eigenvalue weighted by molar-refractivity contribution is 5.94. The van der Waals surface area contributed by atoms with Gasteiger partial charge in [0.15, 0.2) is 17.2 Å². The van der Waals surface area contributed by atoms with Crippen LogP contribution < -0.4 is 10.1 Å². The largest absolute Gasteiger partial charge is 0.493 e. The number of ether oxygens (including phenoxy) is 2. The van der Waals surface area contributed by atoms with Gasteiger partial charge >= 0.3 is 6.18 Å². The van der Waals surface area contributed by atoms with E-state index in [1.807, 2.05) is 0 Å². The topological polar surface area (TPSA) is 65.4 Å². The highest BCUT2D eigenvalue weighted by Gasteiger charge is 2.65. The van der Waals surface area contributed by atoms with Gasteiger partial charge < -0.3 is 19.4 Å². The van der Waals surface area contributed by atoms with Crippen molar-refractivity contribution in [3.05, 3.63) is 41.9 Å². The maximum atomic E-state index is 14.3. The SMILES string of the molecule is COc1c([C@H]2[C@H](C(=O)Nc3cncn3C)O[C@@](C)(C(F)(F)F)[C@H]2C)ccc(F)c1F. The number of methoxy groups -OCH3 is 1. The van der Waals surface area contributed by atoms with Gasteiger partial charge in [0.2, 0.25) is 5.82 Å². The van der Waals surface area contributed by atoms with E-state index >= 15 is 0 Å². The number of amides is 1. The van der Waals surface area contributed by atoms with E-state index in [-0.39, 0.29) is 11.4 Å². The molecule has 1 aromatic carbocycles. The van der Waals surface area contributed by atoms with E-state index in [2.05, 4.69) is 10.3 Å². The quantitative estimate of drug-likeness (QED) is 0.746.